The number of Topliss-reactive ketones (excluding diaryl/α,β-unsaturated/α-hetero) is 2. The van der Waals surface area contributed by atoms with Crippen LogP contribution >= 0.6 is 0 Å². The summed E-state index contributed by atoms with van der Waals surface area (Å²) in [4.78, 5) is 50.4. The molecule has 0 saturated heterocycles. The molecular weight excluding hydrogens is 624 g/mol. The number of carboxylic acids is 2. The summed E-state index contributed by atoms with van der Waals surface area (Å²) in [7, 11) is -9.72. The van der Waals surface area contributed by atoms with Crippen LogP contribution in [0.1, 0.15) is 47.0 Å². The van der Waals surface area contributed by atoms with Gasteiger partial charge in [0, 0.05) is 11.1 Å². The molecular formula is C31H20N2O10S2. The van der Waals surface area contributed by atoms with Gasteiger partial charge >= 0.3 is 11.9 Å². The van der Waals surface area contributed by atoms with E-state index in [2.05, 4.69) is 0 Å². The van der Waals surface area contributed by atoms with Gasteiger partial charge in [-0.15, -0.1) is 0 Å². The molecule has 0 fully saturated rings. The van der Waals surface area contributed by atoms with E-state index in [1.165, 1.54) is 66.7 Å². The van der Waals surface area contributed by atoms with Gasteiger partial charge in [-0.1, -0.05) is 35.9 Å². The molecule has 0 unspecified atom stereocenters. The highest BCUT2D eigenvalue weighted by Gasteiger charge is 2.50. The molecule has 4 aromatic rings. The largest absolute Gasteiger partial charge is 0.478 e. The van der Waals surface area contributed by atoms with E-state index in [-0.39, 0.29) is 33.6 Å². The summed E-state index contributed by atoms with van der Waals surface area (Å²) >= 11 is 0. The van der Waals surface area contributed by atoms with E-state index in [1.807, 2.05) is 0 Å². The molecule has 12 nitrogen and oxygen atoms in total. The minimum Gasteiger partial charge on any atom is -0.478 e. The van der Waals surface area contributed by atoms with Crippen LogP contribution in [0.4, 0.5) is 11.4 Å². The maximum absolute atomic E-state index is 14.3. The Bertz CT molecular complexity index is 2270. The molecule has 0 atom stereocenters. The molecule has 0 amide bonds. The number of allylic oxidation sites excluding steroid dienone is 2. The van der Waals surface area contributed by atoms with Gasteiger partial charge in [-0.3, -0.25) is 9.59 Å². The second-order valence-electron chi connectivity index (χ2n) is 10.1. The van der Waals surface area contributed by atoms with Gasteiger partial charge in [0.15, 0.2) is 0 Å². The van der Waals surface area contributed by atoms with Gasteiger partial charge in [0.1, 0.15) is 11.4 Å². The molecule has 0 aromatic heterocycles. The van der Waals surface area contributed by atoms with Crippen molar-refractivity contribution in [3.8, 4) is 0 Å². The number of carbonyl (C=O) groups excluding carboxylic acids is 2. The standard InChI is InChI=1S/C31H20N2O10S2/c1-17-12-13-25-23(14-17)29(35)27(33(25)45(42,43)21-9-5-7-19(16-21)31(38)39)26-28(34)22-10-2-3-11-24(22)32(26)44(40,41)20-8-4-6-18(15-20)30(36)37/h2-16H,1H3,(H,36,37)(H,38,39)/b27-26+. The van der Waals surface area contributed by atoms with Crippen molar-refractivity contribution in [2.45, 2.75) is 16.7 Å². The Kier molecular flexibility index (Phi) is 6.71. The van der Waals surface area contributed by atoms with Crippen molar-refractivity contribution in [1.29, 1.82) is 0 Å². The third-order valence-electron chi connectivity index (χ3n) is 7.28. The number of para-hydroxylation sites is 1. The Morgan fingerprint density at radius 1 is 0.578 bits per heavy atom. The summed E-state index contributed by atoms with van der Waals surface area (Å²) in [6.07, 6.45) is 0. The molecule has 226 valence electrons. The molecule has 4 aromatic carbocycles. The Morgan fingerprint density at radius 2 is 1.04 bits per heavy atom. The maximum atomic E-state index is 14.3. The van der Waals surface area contributed by atoms with Crippen molar-refractivity contribution in [2.24, 2.45) is 0 Å². The fourth-order valence-electron chi connectivity index (χ4n) is 5.23. The molecule has 0 saturated carbocycles. The average Bonchev–Trinajstić information content (AvgIpc) is 3.48. The molecule has 2 aliphatic rings. The van der Waals surface area contributed by atoms with Crippen molar-refractivity contribution in [3.63, 3.8) is 0 Å². The van der Waals surface area contributed by atoms with E-state index >= 15 is 0 Å². The molecule has 45 heavy (non-hydrogen) atoms. The highest BCUT2D eigenvalue weighted by atomic mass is 32.2. The molecule has 0 spiro atoms. The topological polar surface area (TPSA) is 183 Å². The molecule has 2 aliphatic heterocycles. The third kappa shape index (κ3) is 4.49. The Morgan fingerprint density at radius 3 is 1.56 bits per heavy atom. The summed E-state index contributed by atoms with van der Waals surface area (Å²) in [5, 5.41) is 19.0. The summed E-state index contributed by atoms with van der Waals surface area (Å²) in [5.74, 6) is -4.78. The second kappa shape index (κ2) is 10.2. The van der Waals surface area contributed by atoms with Crippen molar-refractivity contribution in [2.75, 3.05) is 8.61 Å². The minimum absolute atomic E-state index is 0.135. The summed E-state index contributed by atoms with van der Waals surface area (Å²) in [5.41, 5.74) is -2.41. The lowest BCUT2D eigenvalue weighted by atomic mass is 10.1. The number of ketones is 2. The van der Waals surface area contributed by atoms with Gasteiger partial charge in [0.2, 0.25) is 11.6 Å². The monoisotopic (exact) mass is 644 g/mol. The van der Waals surface area contributed by atoms with Crippen molar-refractivity contribution >= 4 is 54.9 Å². The number of benzene rings is 4. The number of carbonyl (C=O) groups is 4. The number of aryl methyl sites for hydroxylation is 1. The zero-order valence-electron chi connectivity index (χ0n) is 23.0. The summed E-state index contributed by atoms with van der Waals surface area (Å²) < 4.78 is 58.2. The van der Waals surface area contributed by atoms with E-state index in [0.717, 1.165) is 24.3 Å². The van der Waals surface area contributed by atoms with Gasteiger partial charge in [-0.05, 0) is 67.6 Å². The van der Waals surface area contributed by atoms with Crippen LogP contribution in [-0.2, 0) is 20.0 Å². The van der Waals surface area contributed by atoms with E-state index in [4.69, 9.17) is 0 Å². The van der Waals surface area contributed by atoms with Crippen LogP contribution < -0.4 is 8.61 Å². The highest BCUT2D eigenvalue weighted by Crippen LogP contribution is 2.47. The van der Waals surface area contributed by atoms with Gasteiger partial charge in [-0.2, -0.15) is 0 Å². The zero-order chi connectivity index (χ0) is 32.4. The van der Waals surface area contributed by atoms with Gasteiger partial charge in [0.05, 0.1) is 32.3 Å². The van der Waals surface area contributed by atoms with E-state index in [9.17, 15) is 46.2 Å². The third-order valence-corrected chi connectivity index (χ3v) is 10.7. The van der Waals surface area contributed by atoms with Crippen LogP contribution in [0.15, 0.2) is 112 Å². The number of sulfonamides is 2. The Labute approximate surface area is 256 Å². The number of anilines is 2. The first-order chi connectivity index (χ1) is 21.2. The molecule has 2 N–H and O–H groups in total. The molecule has 0 bridgehead atoms. The van der Waals surface area contributed by atoms with Gasteiger partial charge in [-0.25, -0.2) is 35.0 Å². The second-order valence-corrected chi connectivity index (χ2v) is 13.7. The normalized spacial score (nSPS) is 16.1. The van der Waals surface area contributed by atoms with Crippen molar-refractivity contribution in [1.82, 2.24) is 0 Å². The van der Waals surface area contributed by atoms with E-state index < -0.39 is 64.7 Å². The Balaban J connectivity index is 1.69. The van der Waals surface area contributed by atoms with E-state index in [0.29, 0.717) is 14.2 Å². The van der Waals surface area contributed by atoms with Gasteiger partial charge in [0.25, 0.3) is 20.0 Å². The number of carboxylic acid groups (broad SMARTS) is 2. The van der Waals surface area contributed by atoms with Crippen molar-refractivity contribution in [3.05, 3.63) is 130 Å². The lowest BCUT2D eigenvalue weighted by Gasteiger charge is -2.26. The van der Waals surface area contributed by atoms with Crippen molar-refractivity contribution < 1.29 is 46.2 Å². The van der Waals surface area contributed by atoms with E-state index in [1.54, 1.807) is 6.92 Å². The van der Waals surface area contributed by atoms with Crippen LogP contribution in [0.5, 0.6) is 0 Å². The average molecular weight is 645 g/mol. The number of hydrogen-bond donors (Lipinski definition) is 2. The van der Waals surface area contributed by atoms with Crippen LogP contribution in [0, 0.1) is 6.92 Å². The smallest absolute Gasteiger partial charge is 0.335 e. The van der Waals surface area contributed by atoms with Crippen LogP contribution in [-0.4, -0.2) is 50.6 Å². The Hall–Kier alpha value is -5.60. The first-order valence-corrected chi connectivity index (χ1v) is 15.9. The first-order valence-electron chi connectivity index (χ1n) is 13.1. The van der Waals surface area contributed by atoms with Crippen LogP contribution in [0.3, 0.4) is 0 Å². The lowest BCUT2D eigenvalue weighted by molar-refractivity contribution is 0.0685. The fourth-order valence-corrected chi connectivity index (χ4v) is 8.36. The molecule has 0 aliphatic carbocycles. The molecule has 14 heteroatoms. The maximum Gasteiger partial charge on any atom is 0.335 e. The summed E-state index contributed by atoms with van der Waals surface area (Å²) in [6, 6.07) is 18.5. The number of rotatable bonds is 6. The zero-order valence-corrected chi connectivity index (χ0v) is 24.7. The SMILES string of the molecule is Cc1ccc2c(c1)C(=O)/C(=C1/C(=O)c3ccccc3N1S(=O)(=O)c1cccc(C(=O)O)c1)N2S(=O)(=O)c1cccc(C(=O)O)c1. The lowest BCUT2D eigenvalue weighted by Crippen LogP contribution is -2.36. The molecule has 0 radical (unpaired) electrons. The predicted octanol–water partition coefficient (Wildman–Crippen LogP) is 4.09. The number of nitrogens with zero attached hydrogens (tertiary/aromatic N) is 2. The quantitative estimate of drug-likeness (QED) is 0.290. The minimum atomic E-state index is -4.86. The van der Waals surface area contributed by atoms with Crippen LogP contribution in [0.25, 0.3) is 0 Å². The first kappa shape index (κ1) is 29.5. The fraction of sp³-hybridized carbons (Fsp3) is 0.0323. The van der Waals surface area contributed by atoms with Gasteiger partial charge < -0.3 is 10.2 Å². The predicted molar refractivity (Wildman–Crippen MR) is 159 cm³/mol. The number of aromatic carboxylic acids is 2. The molecule has 6 rings (SSSR count). The molecule has 2 heterocycles. The number of fused-ring (bicyclic) bond motifs is 2. The summed E-state index contributed by atoms with van der Waals surface area (Å²) in [6.45, 7) is 1.65. The highest BCUT2D eigenvalue weighted by molar-refractivity contribution is 7.93. The number of hydrogen-bond acceptors (Lipinski definition) is 8. The van der Waals surface area contributed by atoms with Crippen LogP contribution in [0.2, 0.25) is 0 Å².